The second-order valence-corrected chi connectivity index (χ2v) is 7.78. The molecule has 1 saturated heterocycles. The van der Waals surface area contributed by atoms with Crippen molar-refractivity contribution in [2.24, 2.45) is 7.05 Å². The number of likely N-dealkylation sites (tertiary alicyclic amines) is 1. The molecule has 3 heterocycles. The maximum atomic E-state index is 13.3. The van der Waals surface area contributed by atoms with Crippen LogP contribution < -0.4 is 0 Å². The molecule has 3 nitrogen and oxygen atoms in total. The first-order valence-corrected chi connectivity index (χ1v) is 9.81. The van der Waals surface area contributed by atoms with Gasteiger partial charge in [-0.05, 0) is 74.4 Å². The summed E-state index contributed by atoms with van der Waals surface area (Å²) in [6, 6.07) is 11.6. The summed E-state index contributed by atoms with van der Waals surface area (Å²) in [5.41, 5.74) is 3.85. The van der Waals surface area contributed by atoms with Gasteiger partial charge in [-0.25, -0.2) is 0 Å². The minimum Gasteiger partial charge on any atom is -0.347 e. The molecule has 0 saturated carbocycles. The van der Waals surface area contributed by atoms with Gasteiger partial charge in [0, 0.05) is 36.6 Å². The van der Waals surface area contributed by atoms with Gasteiger partial charge in [-0.2, -0.15) is 13.2 Å². The van der Waals surface area contributed by atoms with Gasteiger partial charge in [-0.3, -0.25) is 4.98 Å². The Balaban J connectivity index is 1.86. The van der Waals surface area contributed by atoms with Crippen molar-refractivity contribution in [1.82, 2.24) is 14.5 Å². The molecule has 0 N–H and O–H groups in total. The molecule has 0 atom stereocenters. The smallest absolute Gasteiger partial charge is 0.347 e. The molecule has 2 aromatic heterocycles. The monoisotopic (exact) mass is 399 g/mol. The largest absolute Gasteiger partial charge is 0.416 e. The average Bonchev–Trinajstić information content (AvgIpc) is 3.06. The zero-order chi connectivity index (χ0) is 20.6. The number of hydrogen-bond donors (Lipinski definition) is 0. The third kappa shape index (κ3) is 3.94. The molecular formula is C23H24F3N3. The van der Waals surface area contributed by atoms with Crippen LogP contribution in [0.15, 0.2) is 54.9 Å². The van der Waals surface area contributed by atoms with E-state index in [1.165, 1.54) is 17.8 Å². The van der Waals surface area contributed by atoms with Gasteiger partial charge in [-0.15, -0.1) is 0 Å². The van der Waals surface area contributed by atoms with Crippen LogP contribution in [0, 0.1) is 0 Å². The molecule has 1 fully saturated rings. The highest BCUT2D eigenvalue weighted by Crippen LogP contribution is 2.40. The Hall–Kier alpha value is -2.60. The van der Waals surface area contributed by atoms with Crippen LogP contribution in [0.2, 0.25) is 0 Å². The molecular weight excluding hydrogens is 375 g/mol. The third-order valence-electron chi connectivity index (χ3n) is 5.86. The SMILES string of the molecule is CN1CCC(c2cc(-c3ccncc3)c(-c3cccc(C(F)(F)F)c3)n2C)CC1. The molecule has 0 aliphatic carbocycles. The molecule has 4 rings (SSSR count). The maximum absolute atomic E-state index is 13.3. The Bertz CT molecular complexity index is 984. The number of piperidine rings is 1. The number of hydrogen-bond acceptors (Lipinski definition) is 2. The van der Waals surface area contributed by atoms with E-state index in [1.54, 1.807) is 18.5 Å². The van der Waals surface area contributed by atoms with Crippen molar-refractivity contribution in [3.05, 3.63) is 66.1 Å². The Labute approximate surface area is 168 Å². The first-order valence-electron chi connectivity index (χ1n) is 9.81. The van der Waals surface area contributed by atoms with Crippen LogP contribution in [0.5, 0.6) is 0 Å². The van der Waals surface area contributed by atoms with Gasteiger partial charge in [0.25, 0.3) is 0 Å². The van der Waals surface area contributed by atoms with E-state index in [-0.39, 0.29) is 0 Å². The Kier molecular flexibility index (Phi) is 5.21. The highest BCUT2D eigenvalue weighted by atomic mass is 19.4. The summed E-state index contributed by atoms with van der Waals surface area (Å²) in [5, 5.41) is 0. The summed E-state index contributed by atoms with van der Waals surface area (Å²) in [4.78, 5) is 6.40. The van der Waals surface area contributed by atoms with E-state index in [0.29, 0.717) is 11.5 Å². The number of rotatable bonds is 3. The summed E-state index contributed by atoms with van der Waals surface area (Å²) in [6.07, 6.45) is 1.16. The molecule has 3 aromatic rings. The maximum Gasteiger partial charge on any atom is 0.416 e. The molecule has 1 aliphatic rings. The summed E-state index contributed by atoms with van der Waals surface area (Å²) in [5.74, 6) is 0.399. The number of aromatic nitrogens is 2. The predicted octanol–water partition coefficient (Wildman–Crippen LogP) is 5.58. The fourth-order valence-electron chi connectivity index (χ4n) is 4.26. The fourth-order valence-corrected chi connectivity index (χ4v) is 4.26. The zero-order valence-corrected chi connectivity index (χ0v) is 16.6. The predicted molar refractivity (Wildman–Crippen MR) is 109 cm³/mol. The van der Waals surface area contributed by atoms with E-state index in [2.05, 4.69) is 27.6 Å². The highest BCUT2D eigenvalue weighted by Gasteiger charge is 2.31. The Morgan fingerprint density at radius 2 is 1.62 bits per heavy atom. The minimum atomic E-state index is -4.37. The van der Waals surface area contributed by atoms with Crippen molar-refractivity contribution in [3.8, 4) is 22.4 Å². The van der Waals surface area contributed by atoms with Gasteiger partial charge >= 0.3 is 6.18 Å². The molecule has 6 heteroatoms. The third-order valence-corrected chi connectivity index (χ3v) is 5.86. The van der Waals surface area contributed by atoms with Gasteiger partial charge in [0.2, 0.25) is 0 Å². The van der Waals surface area contributed by atoms with Crippen molar-refractivity contribution in [2.45, 2.75) is 24.9 Å². The molecule has 0 unspecified atom stereocenters. The topological polar surface area (TPSA) is 21.1 Å². The van der Waals surface area contributed by atoms with Crippen LogP contribution in [0.4, 0.5) is 13.2 Å². The van der Waals surface area contributed by atoms with E-state index < -0.39 is 11.7 Å². The van der Waals surface area contributed by atoms with Gasteiger partial charge in [0.05, 0.1) is 11.3 Å². The lowest BCUT2D eigenvalue weighted by Gasteiger charge is -2.29. The first kappa shape index (κ1) is 19.7. The van der Waals surface area contributed by atoms with Crippen LogP contribution in [0.1, 0.15) is 30.0 Å². The number of nitrogens with zero attached hydrogens (tertiary/aromatic N) is 3. The van der Waals surface area contributed by atoms with Crippen molar-refractivity contribution in [3.63, 3.8) is 0 Å². The average molecular weight is 399 g/mol. The van der Waals surface area contributed by atoms with Gasteiger partial charge in [-0.1, -0.05) is 12.1 Å². The van der Waals surface area contributed by atoms with E-state index in [4.69, 9.17) is 0 Å². The quantitative estimate of drug-likeness (QED) is 0.573. The van der Waals surface area contributed by atoms with Crippen molar-refractivity contribution < 1.29 is 13.2 Å². The van der Waals surface area contributed by atoms with Crippen LogP contribution in [-0.2, 0) is 13.2 Å². The van der Waals surface area contributed by atoms with E-state index >= 15 is 0 Å². The van der Waals surface area contributed by atoms with Gasteiger partial charge in [0.15, 0.2) is 0 Å². The van der Waals surface area contributed by atoms with Crippen LogP contribution in [-0.4, -0.2) is 34.6 Å². The normalized spacial score (nSPS) is 16.3. The zero-order valence-electron chi connectivity index (χ0n) is 16.6. The molecule has 0 amide bonds. The summed E-state index contributed by atoms with van der Waals surface area (Å²) >= 11 is 0. The number of benzene rings is 1. The summed E-state index contributed by atoms with van der Waals surface area (Å²) in [6.45, 7) is 2.05. The van der Waals surface area contributed by atoms with E-state index in [0.717, 1.165) is 48.8 Å². The minimum absolute atomic E-state index is 0.399. The number of alkyl halides is 3. The second-order valence-electron chi connectivity index (χ2n) is 7.78. The summed E-state index contributed by atoms with van der Waals surface area (Å²) < 4.78 is 42.0. The van der Waals surface area contributed by atoms with E-state index in [9.17, 15) is 13.2 Å². The molecule has 152 valence electrons. The lowest BCUT2D eigenvalue weighted by molar-refractivity contribution is -0.137. The lowest BCUT2D eigenvalue weighted by atomic mass is 9.93. The Morgan fingerprint density at radius 1 is 0.931 bits per heavy atom. The Morgan fingerprint density at radius 3 is 2.28 bits per heavy atom. The van der Waals surface area contributed by atoms with Gasteiger partial charge < -0.3 is 9.47 Å². The molecule has 0 bridgehead atoms. The lowest BCUT2D eigenvalue weighted by Crippen LogP contribution is -2.29. The highest BCUT2D eigenvalue weighted by molar-refractivity contribution is 5.83. The van der Waals surface area contributed by atoms with Crippen LogP contribution >= 0.6 is 0 Å². The van der Waals surface area contributed by atoms with Crippen LogP contribution in [0.3, 0.4) is 0 Å². The molecule has 29 heavy (non-hydrogen) atoms. The molecule has 0 spiro atoms. The van der Waals surface area contributed by atoms with Crippen molar-refractivity contribution in [2.75, 3.05) is 20.1 Å². The van der Waals surface area contributed by atoms with Gasteiger partial charge in [0.1, 0.15) is 0 Å². The van der Waals surface area contributed by atoms with Crippen LogP contribution in [0.25, 0.3) is 22.4 Å². The van der Waals surface area contributed by atoms with E-state index in [1.807, 2.05) is 19.2 Å². The van der Waals surface area contributed by atoms with Crippen molar-refractivity contribution >= 4 is 0 Å². The number of pyridine rings is 1. The van der Waals surface area contributed by atoms with Crippen molar-refractivity contribution in [1.29, 1.82) is 0 Å². The number of halogens is 3. The molecule has 0 radical (unpaired) electrons. The fraction of sp³-hybridized carbons (Fsp3) is 0.348. The standard InChI is InChI=1S/C23H24F3N3/c1-28-12-8-17(9-13-28)21-15-20(16-6-10-27-11-7-16)22(29(21)2)18-4-3-5-19(14-18)23(24,25)26/h3-7,10-11,14-15,17H,8-9,12-13H2,1-2H3. The first-order chi connectivity index (χ1) is 13.8. The summed E-state index contributed by atoms with van der Waals surface area (Å²) in [7, 11) is 4.09. The molecule has 1 aliphatic heterocycles. The molecule has 1 aromatic carbocycles. The second kappa shape index (κ2) is 7.67.